The Morgan fingerprint density at radius 2 is 2.33 bits per heavy atom. The van der Waals surface area contributed by atoms with Gasteiger partial charge in [-0.25, -0.2) is 0 Å². The van der Waals surface area contributed by atoms with E-state index in [0.717, 1.165) is 32.4 Å². The van der Waals surface area contributed by atoms with Gasteiger partial charge in [0.1, 0.15) is 11.7 Å². The molecule has 1 saturated carbocycles. The Bertz CT molecular complexity index is 282. The van der Waals surface area contributed by atoms with Crippen LogP contribution in [0.3, 0.4) is 0 Å². The molecule has 0 radical (unpaired) electrons. The average Bonchev–Trinajstić information content (AvgIpc) is 2.56. The highest BCUT2D eigenvalue weighted by Crippen LogP contribution is 2.46. The van der Waals surface area contributed by atoms with Crippen LogP contribution >= 0.6 is 0 Å². The van der Waals surface area contributed by atoms with E-state index in [2.05, 4.69) is 5.32 Å². The number of hydrogen-bond donors (Lipinski definition) is 1. The minimum atomic E-state index is -0.518. The van der Waals surface area contributed by atoms with Crippen LogP contribution in [0.1, 0.15) is 25.7 Å². The molecule has 0 bridgehead atoms. The highest BCUT2D eigenvalue weighted by molar-refractivity contribution is 6.01. The summed E-state index contributed by atoms with van der Waals surface area (Å²) in [6.45, 7) is 1.77. The SMILES string of the molecule is COC(=O)C1C(=O)CCC12CCCNC2. The molecule has 15 heavy (non-hydrogen) atoms. The van der Waals surface area contributed by atoms with Crippen LogP contribution in [0.25, 0.3) is 0 Å². The van der Waals surface area contributed by atoms with Crippen molar-refractivity contribution in [2.45, 2.75) is 25.7 Å². The molecule has 1 spiro atoms. The molecule has 0 amide bonds. The van der Waals surface area contributed by atoms with E-state index in [0.29, 0.717) is 6.42 Å². The van der Waals surface area contributed by atoms with E-state index in [4.69, 9.17) is 4.74 Å². The summed E-state index contributed by atoms with van der Waals surface area (Å²) < 4.78 is 4.74. The lowest BCUT2D eigenvalue weighted by Crippen LogP contribution is -2.46. The molecular weight excluding hydrogens is 194 g/mol. The maximum absolute atomic E-state index is 11.7. The van der Waals surface area contributed by atoms with Crippen LogP contribution in [0, 0.1) is 11.3 Å². The highest BCUT2D eigenvalue weighted by Gasteiger charge is 2.52. The van der Waals surface area contributed by atoms with Gasteiger partial charge in [0.15, 0.2) is 0 Å². The van der Waals surface area contributed by atoms with Crippen molar-refractivity contribution < 1.29 is 14.3 Å². The molecule has 0 aromatic carbocycles. The van der Waals surface area contributed by atoms with Crippen molar-refractivity contribution in [3.05, 3.63) is 0 Å². The minimum Gasteiger partial charge on any atom is -0.468 e. The summed E-state index contributed by atoms with van der Waals surface area (Å²) in [4.78, 5) is 23.3. The first-order valence-corrected chi connectivity index (χ1v) is 5.51. The van der Waals surface area contributed by atoms with Crippen LogP contribution < -0.4 is 5.32 Å². The Balaban J connectivity index is 2.22. The van der Waals surface area contributed by atoms with Gasteiger partial charge in [0.05, 0.1) is 7.11 Å². The predicted molar refractivity (Wildman–Crippen MR) is 54.3 cm³/mol. The second-order valence-electron chi connectivity index (χ2n) is 4.57. The lowest BCUT2D eigenvalue weighted by molar-refractivity contribution is -0.153. The minimum absolute atomic E-state index is 0.0607. The summed E-state index contributed by atoms with van der Waals surface area (Å²) in [5.41, 5.74) is -0.150. The fourth-order valence-corrected chi connectivity index (χ4v) is 2.95. The zero-order chi connectivity index (χ0) is 10.9. The fraction of sp³-hybridized carbons (Fsp3) is 0.818. The zero-order valence-corrected chi connectivity index (χ0v) is 9.04. The van der Waals surface area contributed by atoms with E-state index in [1.807, 2.05) is 0 Å². The molecule has 2 rings (SSSR count). The number of carbonyl (C=O) groups is 2. The van der Waals surface area contributed by atoms with Crippen LogP contribution in [0.15, 0.2) is 0 Å². The molecular formula is C11H17NO3. The average molecular weight is 211 g/mol. The van der Waals surface area contributed by atoms with E-state index in [1.54, 1.807) is 0 Å². The molecule has 1 N–H and O–H groups in total. The second-order valence-corrected chi connectivity index (χ2v) is 4.57. The van der Waals surface area contributed by atoms with Crippen LogP contribution in [-0.2, 0) is 14.3 Å². The van der Waals surface area contributed by atoms with Gasteiger partial charge in [-0.3, -0.25) is 9.59 Å². The Kier molecular flexibility index (Phi) is 2.78. The number of hydrogen-bond acceptors (Lipinski definition) is 4. The first kappa shape index (κ1) is 10.6. The number of ketones is 1. The Morgan fingerprint density at radius 1 is 1.53 bits per heavy atom. The summed E-state index contributed by atoms with van der Waals surface area (Å²) in [6.07, 6.45) is 3.37. The van der Waals surface area contributed by atoms with Gasteiger partial charge in [0, 0.05) is 18.4 Å². The van der Waals surface area contributed by atoms with Gasteiger partial charge < -0.3 is 10.1 Å². The van der Waals surface area contributed by atoms with Crippen molar-refractivity contribution >= 4 is 11.8 Å². The molecule has 1 aliphatic carbocycles. The number of nitrogens with one attached hydrogen (secondary N) is 1. The Labute approximate surface area is 89.4 Å². The van der Waals surface area contributed by atoms with E-state index >= 15 is 0 Å². The lowest BCUT2D eigenvalue weighted by Gasteiger charge is -2.36. The molecule has 2 atom stereocenters. The van der Waals surface area contributed by atoms with Crippen LogP contribution in [0.5, 0.6) is 0 Å². The second kappa shape index (κ2) is 3.93. The smallest absolute Gasteiger partial charge is 0.316 e. The van der Waals surface area contributed by atoms with Crippen LogP contribution in [0.2, 0.25) is 0 Å². The zero-order valence-electron chi connectivity index (χ0n) is 9.04. The monoisotopic (exact) mass is 211 g/mol. The molecule has 84 valence electrons. The molecule has 0 aromatic heterocycles. The van der Waals surface area contributed by atoms with Crippen molar-refractivity contribution in [1.82, 2.24) is 5.32 Å². The first-order valence-electron chi connectivity index (χ1n) is 5.51. The third-order valence-electron chi connectivity index (χ3n) is 3.75. The number of piperidine rings is 1. The molecule has 1 aliphatic heterocycles. The normalized spacial score (nSPS) is 35.8. The van der Waals surface area contributed by atoms with E-state index in [9.17, 15) is 9.59 Å². The van der Waals surface area contributed by atoms with Crippen molar-refractivity contribution in [2.75, 3.05) is 20.2 Å². The van der Waals surface area contributed by atoms with Gasteiger partial charge in [0.25, 0.3) is 0 Å². The number of methoxy groups -OCH3 is 1. The largest absolute Gasteiger partial charge is 0.468 e. The van der Waals surface area contributed by atoms with Gasteiger partial charge in [-0.1, -0.05) is 0 Å². The number of ether oxygens (including phenoxy) is 1. The van der Waals surface area contributed by atoms with E-state index in [1.165, 1.54) is 7.11 Å². The van der Waals surface area contributed by atoms with E-state index in [-0.39, 0.29) is 17.2 Å². The summed E-state index contributed by atoms with van der Waals surface area (Å²) in [7, 11) is 1.36. The lowest BCUT2D eigenvalue weighted by atomic mass is 9.72. The number of esters is 1. The number of rotatable bonds is 1. The third kappa shape index (κ3) is 1.67. The predicted octanol–water partition coefficient (Wildman–Crippen LogP) is 0.508. The maximum atomic E-state index is 11.7. The quantitative estimate of drug-likeness (QED) is 0.507. The molecule has 0 aromatic rings. The Hall–Kier alpha value is -0.900. The number of Topliss-reactive ketones (excluding diaryl/α,β-unsaturated/α-hetero) is 1. The van der Waals surface area contributed by atoms with Gasteiger partial charge in [0.2, 0.25) is 0 Å². The summed E-state index contributed by atoms with van der Waals surface area (Å²) >= 11 is 0. The molecule has 2 fully saturated rings. The van der Waals surface area contributed by atoms with Crippen molar-refractivity contribution in [3.8, 4) is 0 Å². The molecule has 1 heterocycles. The summed E-state index contributed by atoms with van der Waals surface area (Å²) in [5.74, 6) is -0.804. The van der Waals surface area contributed by atoms with Gasteiger partial charge in [-0.2, -0.15) is 0 Å². The van der Waals surface area contributed by atoms with Crippen LogP contribution in [0.4, 0.5) is 0 Å². The Morgan fingerprint density at radius 3 is 2.93 bits per heavy atom. The molecule has 2 aliphatic rings. The first-order chi connectivity index (χ1) is 7.19. The van der Waals surface area contributed by atoms with Gasteiger partial charge in [-0.05, 0) is 25.8 Å². The summed E-state index contributed by atoms with van der Waals surface area (Å²) in [6, 6.07) is 0. The molecule has 1 saturated heterocycles. The molecule has 2 unspecified atom stereocenters. The standard InChI is InChI=1S/C11H17NO3/c1-15-10(14)9-8(13)3-5-11(9)4-2-6-12-7-11/h9,12H,2-7H2,1H3. The van der Waals surface area contributed by atoms with Gasteiger partial charge >= 0.3 is 5.97 Å². The number of carbonyl (C=O) groups excluding carboxylic acids is 2. The van der Waals surface area contributed by atoms with Crippen LogP contribution in [-0.4, -0.2) is 32.0 Å². The topological polar surface area (TPSA) is 55.4 Å². The van der Waals surface area contributed by atoms with Crippen molar-refractivity contribution in [1.29, 1.82) is 0 Å². The maximum Gasteiger partial charge on any atom is 0.316 e. The molecule has 4 nitrogen and oxygen atoms in total. The summed E-state index contributed by atoms with van der Waals surface area (Å²) in [5, 5.41) is 3.29. The molecule has 4 heteroatoms. The van der Waals surface area contributed by atoms with Crippen molar-refractivity contribution in [3.63, 3.8) is 0 Å². The highest BCUT2D eigenvalue weighted by atomic mass is 16.5. The fourth-order valence-electron chi connectivity index (χ4n) is 2.95. The third-order valence-corrected chi connectivity index (χ3v) is 3.75. The van der Waals surface area contributed by atoms with Crippen molar-refractivity contribution in [2.24, 2.45) is 11.3 Å². The van der Waals surface area contributed by atoms with Gasteiger partial charge in [-0.15, -0.1) is 0 Å². The van der Waals surface area contributed by atoms with E-state index < -0.39 is 5.92 Å².